The van der Waals surface area contributed by atoms with E-state index in [-0.39, 0.29) is 34.2 Å². The average molecular weight is 586 g/mol. The lowest BCUT2D eigenvalue weighted by atomic mass is 10.0. The predicted molar refractivity (Wildman–Crippen MR) is 154 cm³/mol. The number of nitrogens with one attached hydrogen (secondary N) is 1. The number of fused-ring (bicyclic) bond motifs is 1. The number of rotatable bonds is 10. The van der Waals surface area contributed by atoms with Crippen molar-refractivity contribution in [3.63, 3.8) is 0 Å². The van der Waals surface area contributed by atoms with E-state index in [0.29, 0.717) is 33.6 Å². The lowest BCUT2D eigenvalue weighted by Gasteiger charge is -2.17. The first-order valence-corrected chi connectivity index (χ1v) is 14.7. The lowest BCUT2D eigenvalue weighted by Crippen LogP contribution is -2.42. The van der Waals surface area contributed by atoms with Crippen LogP contribution in [0, 0.1) is 0 Å². The monoisotopic (exact) mass is 585 g/mol. The molecule has 0 fully saturated rings. The summed E-state index contributed by atoms with van der Waals surface area (Å²) in [5.41, 5.74) is 2.30. The van der Waals surface area contributed by atoms with E-state index in [1.165, 1.54) is 18.4 Å². The van der Waals surface area contributed by atoms with Gasteiger partial charge in [0.25, 0.3) is 5.91 Å². The Hall–Kier alpha value is -3.59. The molecule has 0 aliphatic carbocycles. The molecule has 0 spiro atoms. The van der Waals surface area contributed by atoms with Gasteiger partial charge in [0.15, 0.2) is 5.78 Å². The van der Waals surface area contributed by atoms with Crippen molar-refractivity contribution in [1.29, 1.82) is 0 Å². The normalized spacial score (nSPS) is 13.5. The Morgan fingerprint density at radius 1 is 1.03 bits per heavy atom. The number of carbonyl (C=O) groups excluding carboxylic acids is 2. The van der Waals surface area contributed by atoms with E-state index in [1.54, 1.807) is 42.7 Å². The summed E-state index contributed by atoms with van der Waals surface area (Å²) in [5.74, 6) is 1.55. The van der Waals surface area contributed by atoms with Crippen molar-refractivity contribution in [3.05, 3.63) is 99.2 Å². The maximum Gasteiger partial charge on any atom is 0.326 e. The number of carboxylic acids is 1. The zero-order valence-electron chi connectivity index (χ0n) is 20.9. The van der Waals surface area contributed by atoms with Crippen LogP contribution < -0.4 is 5.32 Å². The highest BCUT2D eigenvalue weighted by atomic mass is 35.5. The topological polar surface area (TPSA) is 114 Å². The molecule has 202 valence electrons. The highest BCUT2D eigenvalue weighted by molar-refractivity contribution is 7.99. The minimum absolute atomic E-state index is 0.0355. The number of furan rings is 1. The van der Waals surface area contributed by atoms with E-state index in [0.717, 1.165) is 5.39 Å². The standard InChI is InChI=1S/C29H25Cl2NO6S/c1-39(2,37)21-5-3-4-17(12-21)15-24(29(35)36)32-28(34)27-22(30)13-18(14-23(27)31)6-9-25(33)20-8-7-19-10-11-38-26(19)16-20/h3-5,7-8,10-14,16,24H,1,6,9,15H2,2H3,(H,32,34)(H,35,36)/t24-,39?/m0/s1. The van der Waals surface area contributed by atoms with Crippen molar-refractivity contribution in [2.75, 3.05) is 6.26 Å². The summed E-state index contributed by atoms with van der Waals surface area (Å²) >= 11 is 12.8. The number of carbonyl (C=O) groups is 3. The summed E-state index contributed by atoms with van der Waals surface area (Å²) in [6.07, 6.45) is 3.51. The van der Waals surface area contributed by atoms with E-state index in [2.05, 4.69) is 11.2 Å². The van der Waals surface area contributed by atoms with Crippen LogP contribution in [0.5, 0.6) is 0 Å². The second-order valence-electron chi connectivity index (χ2n) is 9.25. The largest absolute Gasteiger partial charge is 0.480 e. The molecule has 0 saturated heterocycles. The molecular weight excluding hydrogens is 561 g/mol. The summed E-state index contributed by atoms with van der Waals surface area (Å²) in [7, 11) is -2.49. The molecule has 1 amide bonds. The minimum atomic E-state index is -2.49. The van der Waals surface area contributed by atoms with Crippen LogP contribution in [0.4, 0.5) is 0 Å². The number of Topliss-reactive ketones (excluding diaryl/α,β-unsaturated/α-hetero) is 1. The average Bonchev–Trinajstić information content (AvgIpc) is 3.34. The van der Waals surface area contributed by atoms with Crippen LogP contribution in [0.15, 0.2) is 76.2 Å². The number of ketones is 1. The van der Waals surface area contributed by atoms with E-state index in [4.69, 9.17) is 27.6 Å². The van der Waals surface area contributed by atoms with Crippen molar-refractivity contribution in [2.45, 2.75) is 30.2 Å². The van der Waals surface area contributed by atoms with Crippen molar-refractivity contribution < 1.29 is 28.1 Å². The Bertz CT molecular complexity index is 1670. The summed E-state index contributed by atoms with van der Waals surface area (Å²) in [6.45, 7) is 0. The number of amides is 1. The van der Waals surface area contributed by atoms with Gasteiger partial charge >= 0.3 is 5.97 Å². The first-order chi connectivity index (χ1) is 18.4. The van der Waals surface area contributed by atoms with Gasteiger partial charge in [0.05, 0.1) is 21.9 Å². The zero-order valence-corrected chi connectivity index (χ0v) is 23.2. The third kappa shape index (κ3) is 6.89. The number of hydrogen-bond donors (Lipinski definition) is 2. The van der Waals surface area contributed by atoms with Crippen LogP contribution in [-0.4, -0.2) is 45.1 Å². The van der Waals surface area contributed by atoms with E-state index >= 15 is 0 Å². The molecule has 0 bridgehead atoms. The van der Waals surface area contributed by atoms with E-state index in [9.17, 15) is 23.7 Å². The molecule has 1 aromatic heterocycles. The first kappa shape index (κ1) is 28.4. The summed E-state index contributed by atoms with van der Waals surface area (Å²) in [6, 6.07) is 15.5. The van der Waals surface area contributed by atoms with Gasteiger partial charge in [-0.15, -0.1) is 0 Å². The second-order valence-corrected chi connectivity index (χ2v) is 12.5. The second kappa shape index (κ2) is 11.7. The third-order valence-corrected chi connectivity index (χ3v) is 8.04. The van der Waals surface area contributed by atoms with Crippen molar-refractivity contribution in [1.82, 2.24) is 5.32 Å². The molecule has 4 rings (SSSR count). The molecule has 10 heteroatoms. The first-order valence-electron chi connectivity index (χ1n) is 11.9. The molecule has 3 aromatic carbocycles. The molecule has 0 aliphatic heterocycles. The predicted octanol–water partition coefficient (Wildman–Crippen LogP) is 5.69. The molecule has 4 aromatic rings. The zero-order chi connectivity index (χ0) is 28.3. The highest BCUT2D eigenvalue weighted by Gasteiger charge is 2.25. The van der Waals surface area contributed by atoms with Crippen molar-refractivity contribution in [2.24, 2.45) is 0 Å². The van der Waals surface area contributed by atoms with Gasteiger partial charge in [0, 0.05) is 34.9 Å². The molecule has 0 saturated carbocycles. The Labute approximate surface area is 235 Å². The van der Waals surface area contributed by atoms with Crippen molar-refractivity contribution in [3.8, 4) is 0 Å². The summed E-state index contributed by atoms with van der Waals surface area (Å²) < 4.78 is 17.6. The number of hydrogen-bond acceptors (Lipinski definition) is 5. The lowest BCUT2D eigenvalue weighted by molar-refractivity contribution is -0.139. The maximum absolute atomic E-state index is 13.0. The van der Waals surface area contributed by atoms with E-state index < -0.39 is 27.4 Å². The number of benzene rings is 3. The van der Waals surface area contributed by atoms with Crippen LogP contribution >= 0.6 is 23.2 Å². The fraction of sp³-hybridized carbons (Fsp3) is 0.172. The van der Waals surface area contributed by atoms with Gasteiger partial charge in [-0.25, -0.2) is 4.79 Å². The molecule has 2 N–H and O–H groups in total. The quantitative estimate of drug-likeness (QED) is 0.183. The molecule has 0 radical (unpaired) electrons. The maximum atomic E-state index is 13.0. The SMILES string of the molecule is C=S(C)(=O)c1cccc(C[C@H](NC(=O)c2c(Cl)cc(CCC(=O)c3ccc4ccoc4c3)cc2Cl)C(=O)O)c1. The minimum Gasteiger partial charge on any atom is -0.480 e. The van der Waals surface area contributed by atoms with Crippen LogP contribution in [-0.2, 0) is 27.2 Å². The summed E-state index contributed by atoms with van der Waals surface area (Å²) in [5, 5.41) is 13.2. The smallest absolute Gasteiger partial charge is 0.326 e. The number of halogens is 2. The summed E-state index contributed by atoms with van der Waals surface area (Å²) in [4.78, 5) is 38.1. The Kier molecular flexibility index (Phi) is 8.49. The molecule has 2 atom stereocenters. The Morgan fingerprint density at radius 3 is 2.41 bits per heavy atom. The van der Waals surface area contributed by atoms with Gasteiger partial charge < -0.3 is 14.8 Å². The number of aliphatic carboxylic acids is 1. The van der Waals surface area contributed by atoms with Gasteiger partial charge in [-0.05, 0) is 69.3 Å². The van der Waals surface area contributed by atoms with E-state index in [1.807, 2.05) is 12.1 Å². The van der Waals surface area contributed by atoms with Crippen LogP contribution in [0.2, 0.25) is 10.0 Å². The molecule has 1 heterocycles. The molecule has 39 heavy (non-hydrogen) atoms. The van der Waals surface area contributed by atoms with Gasteiger partial charge in [-0.3, -0.25) is 13.8 Å². The molecule has 0 aliphatic rings. The Morgan fingerprint density at radius 2 is 1.74 bits per heavy atom. The van der Waals surface area contributed by atoms with Gasteiger partial charge in [-0.2, -0.15) is 0 Å². The van der Waals surface area contributed by atoms with Gasteiger partial charge in [-0.1, -0.05) is 47.5 Å². The molecular formula is C29H25Cl2NO6S. The third-order valence-electron chi connectivity index (χ3n) is 6.19. The Balaban J connectivity index is 1.45. The van der Waals surface area contributed by atoms with Crippen LogP contribution in [0.3, 0.4) is 0 Å². The van der Waals surface area contributed by atoms with Crippen LogP contribution in [0.25, 0.3) is 11.0 Å². The number of carboxylic acid groups (broad SMARTS) is 1. The van der Waals surface area contributed by atoms with Gasteiger partial charge in [0.1, 0.15) is 11.6 Å². The molecule has 7 nitrogen and oxygen atoms in total. The highest BCUT2D eigenvalue weighted by Crippen LogP contribution is 2.28. The van der Waals surface area contributed by atoms with Gasteiger partial charge in [0.2, 0.25) is 0 Å². The fourth-order valence-electron chi connectivity index (χ4n) is 4.12. The number of aryl methyl sites for hydroxylation is 1. The fourth-order valence-corrected chi connectivity index (χ4v) is 5.60. The van der Waals surface area contributed by atoms with Crippen LogP contribution in [0.1, 0.15) is 38.3 Å². The molecule has 1 unspecified atom stereocenters. The van der Waals surface area contributed by atoms with Crippen molar-refractivity contribution >= 4 is 67.2 Å².